The molecular weight excluding hydrogens is 282 g/mol. The summed E-state index contributed by atoms with van der Waals surface area (Å²) >= 11 is 0. The molecule has 0 fully saturated rings. The van der Waals surface area contributed by atoms with E-state index in [0.717, 1.165) is 0 Å². The minimum absolute atomic E-state index is 0.0108. The largest absolute Gasteiger partial charge is 0.481 e. The molecule has 0 unspecified atom stereocenters. The standard InChI is InChI=1S/C6H15NO6.C3H4O4/c8-1-4-11-7(12-5-2-9)13-6-3-10;4-2(5)1-3(6)7/h8-10H,1-6H2;1H2,(H,4,5)(H,6,7). The lowest BCUT2D eigenvalue weighted by atomic mass is 10.5. The van der Waals surface area contributed by atoms with Crippen molar-refractivity contribution in [1.82, 2.24) is 5.39 Å². The molecule has 0 bridgehead atoms. The normalized spacial score (nSPS) is 10.0. The monoisotopic (exact) mass is 301 g/mol. The summed E-state index contributed by atoms with van der Waals surface area (Å²) in [4.78, 5) is 33.0. The molecule has 0 aliphatic heterocycles. The summed E-state index contributed by atoms with van der Waals surface area (Å²) in [5.74, 6) is -2.62. The molecule has 0 atom stereocenters. The molecule has 11 heteroatoms. The maximum absolute atomic E-state index is 9.43. The van der Waals surface area contributed by atoms with Gasteiger partial charge in [-0.2, -0.15) is 0 Å². The summed E-state index contributed by atoms with van der Waals surface area (Å²) in [5, 5.41) is 41.3. The number of carboxylic acid groups (broad SMARTS) is 2. The van der Waals surface area contributed by atoms with Crippen LogP contribution in [0.3, 0.4) is 0 Å². The number of hydrogen-bond acceptors (Lipinski definition) is 9. The number of rotatable bonds is 11. The zero-order chi connectivity index (χ0) is 15.8. The summed E-state index contributed by atoms with van der Waals surface area (Å²) in [6, 6.07) is 0. The Bertz CT molecular complexity index is 218. The second-order valence-corrected chi connectivity index (χ2v) is 2.86. The number of hydrogen-bond donors (Lipinski definition) is 5. The molecule has 120 valence electrons. The molecule has 0 heterocycles. The Hall–Kier alpha value is -1.34. The molecule has 0 aromatic heterocycles. The van der Waals surface area contributed by atoms with Gasteiger partial charge in [0.25, 0.3) is 0 Å². The lowest BCUT2D eigenvalue weighted by Crippen LogP contribution is -2.28. The van der Waals surface area contributed by atoms with E-state index in [0.29, 0.717) is 5.39 Å². The van der Waals surface area contributed by atoms with Crippen LogP contribution in [0.1, 0.15) is 6.42 Å². The van der Waals surface area contributed by atoms with Crippen molar-refractivity contribution in [3.8, 4) is 0 Å². The molecule has 20 heavy (non-hydrogen) atoms. The number of aliphatic hydroxyl groups excluding tert-OH is 3. The molecule has 0 aliphatic carbocycles. The molecule has 0 saturated carbocycles. The van der Waals surface area contributed by atoms with Gasteiger partial charge in [-0.3, -0.25) is 9.59 Å². The SMILES string of the molecule is O=C(O)CC(=O)O.OCCON(OCCO)OCCO. The number of carbonyl (C=O) groups is 2. The lowest BCUT2D eigenvalue weighted by Gasteiger charge is -2.17. The van der Waals surface area contributed by atoms with E-state index in [1.54, 1.807) is 0 Å². The molecule has 11 nitrogen and oxygen atoms in total. The predicted molar refractivity (Wildman–Crippen MR) is 60.8 cm³/mol. The van der Waals surface area contributed by atoms with Gasteiger partial charge in [0.05, 0.1) is 45.0 Å². The highest BCUT2D eigenvalue weighted by atomic mass is 17.2. The van der Waals surface area contributed by atoms with E-state index < -0.39 is 18.4 Å². The number of aliphatic hydroxyl groups is 3. The Morgan fingerprint density at radius 3 is 1.20 bits per heavy atom. The third kappa shape index (κ3) is 19.0. The number of nitrogens with zero attached hydrogens (tertiary/aromatic N) is 1. The van der Waals surface area contributed by atoms with Gasteiger partial charge in [-0.25, -0.2) is 14.5 Å². The van der Waals surface area contributed by atoms with Gasteiger partial charge in [-0.1, -0.05) is 0 Å². The second kappa shape index (κ2) is 15.7. The molecule has 0 amide bonds. The first-order valence-electron chi connectivity index (χ1n) is 5.42. The van der Waals surface area contributed by atoms with E-state index in [1.807, 2.05) is 0 Å². The van der Waals surface area contributed by atoms with Gasteiger partial charge in [0.2, 0.25) is 0 Å². The molecule has 0 radical (unpaired) electrons. The van der Waals surface area contributed by atoms with Crippen molar-refractivity contribution in [3.05, 3.63) is 0 Å². The van der Waals surface area contributed by atoms with Crippen molar-refractivity contribution < 1.29 is 49.6 Å². The summed E-state index contributed by atoms with van der Waals surface area (Å²) in [6.07, 6.45) is -0.806. The van der Waals surface area contributed by atoms with Crippen LogP contribution in [0, 0.1) is 0 Å². The second-order valence-electron chi connectivity index (χ2n) is 2.86. The zero-order valence-corrected chi connectivity index (χ0v) is 10.7. The summed E-state index contributed by atoms with van der Waals surface area (Å²) in [6.45, 7) is -0.505. The number of carboxylic acids is 2. The van der Waals surface area contributed by atoms with Crippen LogP contribution in [-0.4, -0.2) is 82.5 Å². The predicted octanol–water partition coefficient (Wildman–Crippen LogP) is -2.39. The molecule has 0 aromatic rings. The Balaban J connectivity index is 0. The summed E-state index contributed by atoms with van der Waals surface area (Å²) in [7, 11) is 0. The van der Waals surface area contributed by atoms with Crippen molar-refractivity contribution in [2.75, 3.05) is 39.6 Å². The molecule has 0 saturated heterocycles. The molecule has 0 aromatic carbocycles. The van der Waals surface area contributed by atoms with Crippen LogP contribution >= 0.6 is 0 Å². The summed E-state index contributed by atoms with van der Waals surface area (Å²) < 4.78 is 0. The maximum Gasteiger partial charge on any atom is 0.314 e. The van der Waals surface area contributed by atoms with Crippen LogP contribution in [0.5, 0.6) is 0 Å². The van der Waals surface area contributed by atoms with E-state index in [1.165, 1.54) is 0 Å². The zero-order valence-electron chi connectivity index (χ0n) is 10.7. The molecular formula is C9H19NO10. The van der Waals surface area contributed by atoms with Crippen LogP contribution in [0.15, 0.2) is 0 Å². The first-order valence-corrected chi connectivity index (χ1v) is 5.42. The van der Waals surface area contributed by atoms with Crippen molar-refractivity contribution in [2.24, 2.45) is 0 Å². The minimum atomic E-state index is -1.31. The number of aliphatic carboxylic acids is 2. The Kier molecular flexibility index (Phi) is 16.5. The average Bonchev–Trinajstić information content (AvgIpc) is 2.37. The highest BCUT2D eigenvalue weighted by Crippen LogP contribution is 1.93. The third-order valence-corrected chi connectivity index (χ3v) is 1.17. The molecule has 0 rings (SSSR count). The van der Waals surface area contributed by atoms with Gasteiger partial charge >= 0.3 is 11.9 Å². The van der Waals surface area contributed by atoms with E-state index >= 15 is 0 Å². The van der Waals surface area contributed by atoms with Gasteiger partial charge in [-0.05, 0) is 0 Å². The average molecular weight is 301 g/mol. The van der Waals surface area contributed by atoms with Gasteiger partial charge in [0.1, 0.15) is 6.42 Å². The van der Waals surface area contributed by atoms with Crippen LogP contribution in [-0.2, 0) is 24.1 Å². The van der Waals surface area contributed by atoms with Gasteiger partial charge in [0, 0.05) is 0 Å². The Morgan fingerprint density at radius 1 is 0.750 bits per heavy atom. The minimum Gasteiger partial charge on any atom is -0.481 e. The first-order chi connectivity index (χ1) is 9.47. The van der Waals surface area contributed by atoms with E-state index in [-0.39, 0.29) is 39.6 Å². The fourth-order valence-electron chi connectivity index (χ4n) is 0.587. The fraction of sp³-hybridized carbons (Fsp3) is 0.778. The maximum atomic E-state index is 9.43. The van der Waals surface area contributed by atoms with Crippen molar-refractivity contribution in [2.45, 2.75) is 6.42 Å². The molecule has 0 spiro atoms. The van der Waals surface area contributed by atoms with Crippen LogP contribution in [0.4, 0.5) is 0 Å². The van der Waals surface area contributed by atoms with Crippen molar-refractivity contribution >= 4 is 11.9 Å². The Labute approximate surface area is 114 Å². The Morgan fingerprint density at radius 2 is 1.05 bits per heavy atom. The van der Waals surface area contributed by atoms with E-state index in [9.17, 15) is 9.59 Å². The highest BCUT2D eigenvalue weighted by molar-refractivity contribution is 5.88. The highest BCUT2D eigenvalue weighted by Gasteiger charge is 2.05. The van der Waals surface area contributed by atoms with Crippen LogP contribution in [0.25, 0.3) is 0 Å². The summed E-state index contributed by atoms with van der Waals surface area (Å²) in [5.41, 5.74) is 0. The third-order valence-electron chi connectivity index (χ3n) is 1.17. The van der Waals surface area contributed by atoms with Crippen LogP contribution in [0.2, 0.25) is 0 Å². The first kappa shape index (κ1) is 21.0. The lowest BCUT2D eigenvalue weighted by molar-refractivity contribution is -0.527. The smallest absolute Gasteiger partial charge is 0.314 e. The quantitative estimate of drug-likeness (QED) is 0.204. The molecule has 0 aliphatic rings. The van der Waals surface area contributed by atoms with Gasteiger partial charge in [-0.15, -0.1) is 0 Å². The van der Waals surface area contributed by atoms with Crippen molar-refractivity contribution in [1.29, 1.82) is 0 Å². The van der Waals surface area contributed by atoms with Gasteiger partial charge in [0.15, 0.2) is 0 Å². The van der Waals surface area contributed by atoms with Crippen LogP contribution < -0.4 is 0 Å². The fourth-order valence-corrected chi connectivity index (χ4v) is 0.587. The van der Waals surface area contributed by atoms with E-state index in [4.69, 9.17) is 40.0 Å². The van der Waals surface area contributed by atoms with E-state index in [2.05, 4.69) is 0 Å². The topological polar surface area (TPSA) is 166 Å². The molecule has 5 N–H and O–H groups in total. The van der Waals surface area contributed by atoms with Gasteiger partial charge < -0.3 is 25.5 Å². The van der Waals surface area contributed by atoms with Crippen molar-refractivity contribution in [3.63, 3.8) is 0 Å².